The molecule has 1 aromatic rings. The van der Waals surface area contributed by atoms with Gasteiger partial charge in [-0.25, -0.2) is 0 Å². The van der Waals surface area contributed by atoms with Crippen LogP contribution in [0.4, 0.5) is 0 Å². The Morgan fingerprint density at radius 1 is 1.17 bits per heavy atom. The van der Waals surface area contributed by atoms with Crippen LogP contribution in [0.5, 0.6) is 5.75 Å². The Balaban J connectivity index is 3.05. The standard InChI is InChI=1S/C12H20BClO3Si/c1-12(2,3)18(4,5)17-11-7-9(13(15)16)6-10(14)8-11/h6-8,15-16H,1-5H3. The first-order valence-corrected chi connectivity index (χ1v) is 9.17. The molecule has 1 aromatic carbocycles. The van der Waals surface area contributed by atoms with Gasteiger partial charge in [-0.2, -0.15) is 0 Å². The molecule has 0 heterocycles. The van der Waals surface area contributed by atoms with Crippen LogP contribution in [0.3, 0.4) is 0 Å². The minimum atomic E-state index is -1.95. The van der Waals surface area contributed by atoms with Crippen LogP contribution in [0.2, 0.25) is 23.2 Å². The Bertz CT molecular complexity index is 430. The molecule has 0 unspecified atom stereocenters. The lowest BCUT2D eigenvalue weighted by Crippen LogP contribution is -2.44. The molecule has 6 heteroatoms. The number of rotatable bonds is 3. The average molecular weight is 287 g/mol. The van der Waals surface area contributed by atoms with E-state index in [0.717, 1.165) is 0 Å². The van der Waals surface area contributed by atoms with Gasteiger partial charge in [-0.1, -0.05) is 32.4 Å². The molecule has 0 atom stereocenters. The van der Waals surface area contributed by atoms with Gasteiger partial charge in [0.25, 0.3) is 0 Å². The molecular formula is C12H20BClO3Si. The van der Waals surface area contributed by atoms with E-state index in [1.54, 1.807) is 12.1 Å². The number of hydrogen-bond donors (Lipinski definition) is 2. The molecule has 0 amide bonds. The van der Waals surface area contributed by atoms with Gasteiger partial charge in [-0.05, 0) is 41.8 Å². The smallest absolute Gasteiger partial charge is 0.488 e. The van der Waals surface area contributed by atoms with E-state index >= 15 is 0 Å². The van der Waals surface area contributed by atoms with Crippen molar-refractivity contribution in [3.63, 3.8) is 0 Å². The summed E-state index contributed by atoms with van der Waals surface area (Å²) < 4.78 is 6.07. The summed E-state index contributed by atoms with van der Waals surface area (Å²) in [6.45, 7) is 10.7. The monoisotopic (exact) mass is 286 g/mol. The normalized spacial score (nSPS) is 12.4. The molecule has 2 N–H and O–H groups in total. The quantitative estimate of drug-likeness (QED) is 0.839. The predicted octanol–water partition coefficient (Wildman–Crippen LogP) is 2.40. The second kappa shape index (κ2) is 5.25. The number of halogens is 1. The summed E-state index contributed by atoms with van der Waals surface area (Å²) in [4.78, 5) is 0. The largest absolute Gasteiger partial charge is 0.543 e. The van der Waals surface area contributed by atoms with Gasteiger partial charge in [0.05, 0.1) is 0 Å². The highest BCUT2D eigenvalue weighted by molar-refractivity contribution is 6.74. The lowest BCUT2D eigenvalue weighted by Gasteiger charge is -2.36. The first-order valence-electron chi connectivity index (χ1n) is 5.88. The zero-order chi connectivity index (χ0) is 14.1. The highest BCUT2D eigenvalue weighted by Crippen LogP contribution is 2.37. The predicted molar refractivity (Wildman–Crippen MR) is 79.1 cm³/mol. The van der Waals surface area contributed by atoms with Crippen molar-refractivity contribution < 1.29 is 14.5 Å². The van der Waals surface area contributed by atoms with E-state index < -0.39 is 15.4 Å². The molecule has 0 radical (unpaired) electrons. The van der Waals surface area contributed by atoms with Crippen LogP contribution in [0, 0.1) is 0 Å². The second-order valence-corrected chi connectivity index (χ2v) is 11.1. The zero-order valence-electron chi connectivity index (χ0n) is 11.5. The van der Waals surface area contributed by atoms with Crippen molar-refractivity contribution in [1.29, 1.82) is 0 Å². The molecule has 0 saturated carbocycles. The average Bonchev–Trinajstić information content (AvgIpc) is 2.13. The molecule has 3 nitrogen and oxygen atoms in total. The summed E-state index contributed by atoms with van der Waals surface area (Å²) in [5.74, 6) is 0.595. The fourth-order valence-corrected chi connectivity index (χ4v) is 2.49. The van der Waals surface area contributed by atoms with Gasteiger partial charge in [-0.15, -0.1) is 0 Å². The van der Waals surface area contributed by atoms with Gasteiger partial charge in [-0.3, -0.25) is 0 Å². The Morgan fingerprint density at radius 2 is 1.72 bits per heavy atom. The van der Waals surface area contributed by atoms with Crippen molar-refractivity contribution in [3.8, 4) is 5.75 Å². The zero-order valence-corrected chi connectivity index (χ0v) is 13.2. The van der Waals surface area contributed by atoms with Crippen LogP contribution < -0.4 is 9.89 Å². The van der Waals surface area contributed by atoms with E-state index in [1.165, 1.54) is 6.07 Å². The van der Waals surface area contributed by atoms with Crippen LogP contribution in [0.1, 0.15) is 20.8 Å². The van der Waals surface area contributed by atoms with Crippen LogP contribution in [0.15, 0.2) is 18.2 Å². The Hall–Kier alpha value is -0.488. The summed E-state index contributed by atoms with van der Waals surface area (Å²) in [5, 5.41) is 18.9. The van der Waals surface area contributed by atoms with Crippen LogP contribution in [0.25, 0.3) is 0 Å². The topological polar surface area (TPSA) is 49.7 Å². The first kappa shape index (κ1) is 15.6. The maximum Gasteiger partial charge on any atom is 0.488 e. The molecule has 0 aromatic heterocycles. The van der Waals surface area contributed by atoms with Crippen molar-refractivity contribution in [2.75, 3.05) is 0 Å². The van der Waals surface area contributed by atoms with Crippen LogP contribution in [-0.4, -0.2) is 25.5 Å². The van der Waals surface area contributed by atoms with E-state index in [1.807, 2.05) is 0 Å². The third-order valence-electron chi connectivity index (χ3n) is 3.37. The maximum atomic E-state index is 9.18. The van der Waals surface area contributed by atoms with Crippen molar-refractivity contribution in [1.82, 2.24) is 0 Å². The van der Waals surface area contributed by atoms with Gasteiger partial charge < -0.3 is 14.5 Å². The van der Waals surface area contributed by atoms with E-state index in [2.05, 4.69) is 33.9 Å². The summed E-state index contributed by atoms with van der Waals surface area (Å²) in [6.07, 6.45) is 0. The lowest BCUT2D eigenvalue weighted by atomic mass is 9.80. The Morgan fingerprint density at radius 3 is 2.17 bits per heavy atom. The fraction of sp³-hybridized carbons (Fsp3) is 0.500. The molecule has 0 saturated heterocycles. The highest BCUT2D eigenvalue weighted by Gasteiger charge is 2.39. The minimum Gasteiger partial charge on any atom is -0.543 e. The van der Waals surface area contributed by atoms with Crippen molar-refractivity contribution in [2.24, 2.45) is 0 Å². The molecule has 0 aliphatic heterocycles. The minimum absolute atomic E-state index is 0.0767. The summed E-state index contributed by atoms with van der Waals surface area (Å²) in [6, 6.07) is 4.84. The molecule has 1 rings (SSSR count). The first-order chi connectivity index (χ1) is 8.03. The molecule has 18 heavy (non-hydrogen) atoms. The summed E-state index contributed by atoms with van der Waals surface area (Å²) >= 11 is 5.95. The molecule has 0 aliphatic rings. The third kappa shape index (κ3) is 3.75. The van der Waals surface area contributed by atoms with E-state index in [0.29, 0.717) is 16.2 Å². The maximum absolute atomic E-state index is 9.18. The van der Waals surface area contributed by atoms with Gasteiger partial charge in [0.15, 0.2) is 0 Å². The lowest BCUT2D eigenvalue weighted by molar-refractivity contribution is 0.425. The van der Waals surface area contributed by atoms with E-state index in [-0.39, 0.29) is 5.04 Å². The van der Waals surface area contributed by atoms with E-state index in [4.69, 9.17) is 16.0 Å². The molecular weight excluding hydrogens is 266 g/mol. The molecule has 0 fully saturated rings. The van der Waals surface area contributed by atoms with Gasteiger partial charge in [0, 0.05) is 5.02 Å². The van der Waals surface area contributed by atoms with Gasteiger partial charge in [0.1, 0.15) is 5.75 Å². The molecule has 0 spiro atoms. The molecule has 0 bridgehead atoms. The van der Waals surface area contributed by atoms with Crippen molar-refractivity contribution >= 4 is 32.5 Å². The third-order valence-corrected chi connectivity index (χ3v) is 7.95. The molecule has 0 aliphatic carbocycles. The Kier molecular flexibility index (Phi) is 4.54. The fourth-order valence-electron chi connectivity index (χ4n) is 1.24. The van der Waals surface area contributed by atoms with E-state index in [9.17, 15) is 10.0 Å². The van der Waals surface area contributed by atoms with Gasteiger partial charge >= 0.3 is 7.12 Å². The molecule has 100 valence electrons. The number of hydrogen-bond acceptors (Lipinski definition) is 3. The van der Waals surface area contributed by atoms with Crippen molar-refractivity contribution in [2.45, 2.75) is 38.9 Å². The number of benzene rings is 1. The summed E-state index contributed by atoms with van der Waals surface area (Å²) in [5.41, 5.74) is 0.344. The second-order valence-electron chi connectivity index (χ2n) is 5.96. The van der Waals surface area contributed by atoms with Crippen molar-refractivity contribution in [3.05, 3.63) is 23.2 Å². The Labute approximate surface area is 115 Å². The SMILES string of the molecule is CC(C)(C)[Si](C)(C)Oc1cc(Cl)cc(B(O)O)c1. The van der Waals surface area contributed by atoms with Crippen LogP contribution >= 0.6 is 11.6 Å². The van der Waals surface area contributed by atoms with Crippen LogP contribution in [-0.2, 0) is 0 Å². The summed E-state index contributed by atoms with van der Waals surface area (Å²) in [7, 11) is -3.48. The van der Waals surface area contributed by atoms with Gasteiger partial charge in [0.2, 0.25) is 8.32 Å². The highest BCUT2D eigenvalue weighted by atomic mass is 35.5.